The lowest BCUT2D eigenvalue weighted by Crippen LogP contribution is -2.49. The predicted octanol–water partition coefficient (Wildman–Crippen LogP) is 3.48. The van der Waals surface area contributed by atoms with Crippen LogP contribution in [0.15, 0.2) is 46.8 Å². The molecule has 162 valence electrons. The number of anilines is 2. The Balaban J connectivity index is 0.00000256. The number of carbonyl (C=O) groups is 1. The Bertz CT molecular complexity index is 849. The fourth-order valence-electron chi connectivity index (χ4n) is 4.04. The van der Waals surface area contributed by atoms with Gasteiger partial charge in [0.15, 0.2) is 5.96 Å². The van der Waals surface area contributed by atoms with Crippen LogP contribution in [-0.2, 0) is 11.2 Å². The molecule has 0 aliphatic carbocycles. The number of guanidine groups is 1. The van der Waals surface area contributed by atoms with E-state index in [-0.39, 0.29) is 36.4 Å². The van der Waals surface area contributed by atoms with Crippen LogP contribution in [0.25, 0.3) is 0 Å². The van der Waals surface area contributed by atoms with Crippen molar-refractivity contribution in [3.63, 3.8) is 0 Å². The van der Waals surface area contributed by atoms with Gasteiger partial charge in [-0.15, -0.1) is 35.3 Å². The van der Waals surface area contributed by atoms with Crippen molar-refractivity contribution in [2.75, 3.05) is 42.5 Å². The molecule has 1 amide bonds. The van der Waals surface area contributed by atoms with E-state index in [0.29, 0.717) is 6.04 Å². The second kappa shape index (κ2) is 11.0. The number of para-hydroxylation sites is 1. The number of halogens is 1. The van der Waals surface area contributed by atoms with Gasteiger partial charge in [-0.3, -0.25) is 4.79 Å². The lowest BCUT2D eigenvalue weighted by molar-refractivity contribution is -0.117. The molecule has 2 aliphatic rings. The monoisotopic (exact) mass is 539 g/mol. The number of benzene rings is 1. The number of amides is 1. The van der Waals surface area contributed by atoms with Crippen LogP contribution >= 0.6 is 35.3 Å². The molecule has 30 heavy (non-hydrogen) atoms. The third kappa shape index (κ3) is 5.46. The predicted molar refractivity (Wildman–Crippen MR) is 137 cm³/mol. The van der Waals surface area contributed by atoms with Crippen LogP contribution in [-0.4, -0.2) is 50.6 Å². The zero-order valence-corrected chi connectivity index (χ0v) is 20.5. The molecule has 2 N–H and O–H groups in total. The van der Waals surface area contributed by atoms with Crippen LogP contribution in [0.2, 0.25) is 0 Å². The maximum atomic E-state index is 12.7. The average molecular weight is 539 g/mol. The molecule has 2 aromatic rings. The van der Waals surface area contributed by atoms with E-state index in [1.165, 1.54) is 10.6 Å². The van der Waals surface area contributed by atoms with E-state index in [1.54, 1.807) is 11.3 Å². The van der Waals surface area contributed by atoms with E-state index in [9.17, 15) is 4.79 Å². The third-order valence-corrected chi connectivity index (χ3v) is 6.49. The minimum atomic E-state index is 0. The highest BCUT2D eigenvalue weighted by Crippen LogP contribution is 2.27. The molecule has 0 spiro atoms. The molecule has 3 heterocycles. The Morgan fingerprint density at radius 1 is 1.17 bits per heavy atom. The van der Waals surface area contributed by atoms with Crippen molar-refractivity contribution in [1.82, 2.24) is 10.6 Å². The van der Waals surface area contributed by atoms with Gasteiger partial charge < -0.3 is 20.4 Å². The molecule has 1 fully saturated rings. The normalized spacial score (nSPS) is 16.8. The Kier molecular flexibility index (Phi) is 8.38. The van der Waals surface area contributed by atoms with Crippen molar-refractivity contribution in [2.45, 2.75) is 32.2 Å². The Hall–Kier alpha value is -1.81. The Morgan fingerprint density at radius 3 is 2.70 bits per heavy atom. The molecule has 0 radical (unpaired) electrons. The summed E-state index contributed by atoms with van der Waals surface area (Å²) in [4.78, 5) is 21.6. The zero-order valence-electron chi connectivity index (χ0n) is 17.3. The Morgan fingerprint density at radius 2 is 1.97 bits per heavy atom. The van der Waals surface area contributed by atoms with E-state index in [4.69, 9.17) is 0 Å². The number of fused-ring (bicyclic) bond motifs is 1. The number of hydrogen-bond donors (Lipinski definition) is 2. The van der Waals surface area contributed by atoms with Gasteiger partial charge in [-0.25, -0.2) is 4.99 Å². The number of thiophene rings is 1. The quantitative estimate of drug-likeness (QED) is 0.347. The van der Waals surface area contributed by atoms with Crippen molar-refractivity contribution in [1.29, 1.82) is 0 Å². The number of nitrogens with one attached hydrogen (secondary N) is 2. The highest BCUT2D eigenvalue weighted by Gasteiger charge is 2.24. The summed E-state index contributed by atoms with van der Waals surface area (Å²) in [6.45, 7) is 5.83. The molecule has 4 rings (SSSR count). The number of nitrogens with zero attached hydrogens (tertiary/aromatic N) is 3. The molecule has 0 unspecified atom stereocenters. The van der Waals surface area contributed by atoms with Gasteiger partial charge >= 0.3 is 0 Å². The number of carbonyl (C=O) groups excluding carboxylic acids is 1. The molecule has 0 saturated carbocycles. The molecular weight excluding hydrogens is 509 g/mol. The van der Waals surface area contributed by atoms with Crippen molar-refractivity contribution < 1.29 is 4.79 Å². The third-order valence-electron chi connectivity index (χ3n) is 5.56. The standard InChI is InChI=1S/C22H29N5OS.HI/c1-2-23-22(25-18-10-12-26(13-11-18)21-8-5-15-29-21)24-16-20(28)27-14-9-17-6-3-4-7-19(17)27;/h3-8,15,18H,2,9-14,16H2,1H3,(H2,23,24,25);1H. The number of aliphatic imine (C=N–C) groups is 1. The second-order valence-corrected chi connectivity index (χ2v) is 8.40. The molecule has 1 aromatic heterocycles. The first-order valence-electron chi connectivity index (χ1n) is 10.5. The summed E-state index contributed by atoms with van der Waals surface area (Å²) in [7, 11) is 0. The summed E-state index contributed by atoms with van der Waals surface area (Å²) >= 11 is 1.80. The first-order valence-corrected chi connectivity index (χ1v) is 11.3. The van der Waals surface area contributed by atoms with Gasteiger partial charge in [0.2, 0.25) is 5.91 Å². The molecule has 6 nitrogen and oxygen atoms in total. The minimum Gasteiger partial charge on any atom is -0.363 e. The van der Waals surface area contributed by atoms with Crippen LogP contribution in [0.3, 0.4) is 0 Å². The van der Waals surface area contributed by atoms with E-state index >= 15 is 0 Å². The van der Waals surface area contributed by atoms with Crippen molar-refractivity contribution in [2.24, 2.45) is 4.99 Å². The molecule has 1 aromatic carbocycles. The highest BCUT2D eigenvalue weighted by molar-refractivity contribution is 14.0. The Labute approximate surface area is 199 Å². The average Bonchev–Trinajstić information content (AvgIpc) is 3.43. The van der Waals surface area contributed by atoms with Crippen LogP contribution in [0.1, 0.15) is 25.3 Å². The molecule has 8 heteroatoms. The van der Waals surface area contributed by atoms with Crippen molar-refractivity contribution in [3.8, 4) is 0 Å². The van der Waals surface area contributed by atoms with Crippen LogP contribution < -0.4 is 20.4 Å². The largest absolute Gasteiger partial charge is 0.363 e. The number of hydrogen-bond acceptors (Lipinski definition) is 4. The van der Waals surface area contributed by atoms with Crippen LogP contribution in [0.5, 0.6) is 0 Å². The fourth-order valence-corrected chi connectivity index (χ4v) is 4.82. The molecule has 1 saturated heterocycles. The van der Waals surface area contributed by atoms with Gasteiger partial charge in [-0.2, -0.15) is 0 Å². The lowest BCUT2D eigenvalue weighted by atomic mass is 10.1. The second-order valence-electron chi connectivity index (χ2n) is 7.48. The van der Waals surface area contributed by atoms with E-state index in [1.807, 2.05) is 23.1 Å². The molecular formula is C22H30IN5OS. The maximum Gasteiger partial charge on any atom is 0.248 e. The highest BCUT2D eigenvalue weighted by atomic mass is 127. The summed E-state index contributed by atoms with van der Waals surface area (Å²) < 4.78 is 0. The van der Waals surface area contributed by atoms with Gasteiger partial charge in [0.25, 0.3) is 0 Å². The first-order chi connectivity index (χ1) is 14.2. The number of rotatable bonds is 5. The van der Waals surface area contributed by atoms with E-state index < -0.39 is 0 Å². The SMILES string of the molecule is CCNC(=NCC(=O)N1CCc2ccccc21)NC1CCN(c2cccs2)CC1.I. The first kappa shape index (κ1) is 22.9. The topological polar surface area (TPSA) is 60.0 Å². The number of piperidine rings is 1. The van der Waals surface area contributed by atoms with Gasteiger partial charge in [-0.05, 0) is 55.3 Å². The van der Waals surface area contributed by atoms with Crippen molar-refractivity contribution in [3.05, 3.63) is 47.3 Å². The van der Waals surface area contributed by atoms with Gasteiger partial charge in [0.05, 0.1) is 5.00 Å². The zero-order chi connectivity index (χ0) is 20.1. The summed E-state index contributed by atoms with van der Waals surface area (Å²) in [6, 6.07) is 12.8. The maximum absolute atomic E-state index is 12.7. The van der Waals surface area contributed by atoms with Crippen LogP contribution in [0.4, 0.5) is 10.7 Å². The van der Waals surface area contributed by atoms with Gasteiger partial charge in [0, 0.05) is 37.9 Å². The molecule has 0 atom stereocenters. The summed E-state index contributed by atoms with van der Waals surface area (Å²) in [6.07, 6.45) is 3.05. The summed E-state index contributed by atoms with van der Waals surface area (Å²) in [5, 5.41) is 10.3. The molecule has 0 bridgehead atoms. The smallest absolute Gasteiger partial charge is 0.248 e. The summed E-state index contributed by atoms with van der Waals surface area (Å²) in [5.74, 6) is 0.794. The fraction of sp³-hybridized carbons (Fsp3) is 0.455. The molecule has 2 aliphatic heterocycles. The lowest BCUT2D eigenvalue weighted by Gasteiger charge is -2.33. The van der Waals surface area contributed by atoms with E-state index in [0.717, 1.165) is 57.1 Å². The van der Waals surface area contributed by atoms with Crippen molar-refractivity contribution >= 4 is 57.9 Å². The minimum absolute atomic E-state index is 0. The van der Waals surface area contributed by atoms with E-state index in [2.05, 4.69) is 51.0 Å². The van der Waals surface area contributed by atoms with Gasteiger partial charge in [-0.1, -0.05) is 18.2 Å². The summed E-state index contributed by atoms with van der Waals surface area (Å²) in [5.41, 5.74) is 2.28. The van der Waals surface area contributed by atoms with Crippen LogP contribution in [0, 0.1) is 0 Å². The van der Waals surface area contributed by atoms with Gasteiger partial charge in [0.1, 0.15) is 6.54 Å².